The first-order valence-electron chi connectivity index (χ1n) is 2.87. The van der Waals surface area contributed by atoms with Gasteiger partial charge in [-0.05, 0) is 6.92 Å². The monoisotopic (exact) mass is 197 g/mol. The number of amides is 1. The molecule has 11 heavy (non-hydrogen) atoms. The zero-order valence-electron chi connectivity index (χ0n) is 5.97. The molecule has 0 heterocycles. The SMILES string of the molecule is C=C(C)C(=O)N[C@@H](O)C(Cl)Cl. The molecule has 1 amide bonds. The summed E-state index contributed by atoms with van der Waals surface area (Å²) in [6.45, 7) is 4.87. The summed E-state index contributed by atoms with van der Waals surface area (Å²) in [5.41, 5.74) is 0.290. The van der Waals surface area contributed by atoms with Crippen molar-refractivity contribution in [3.8, 4) is 0 Å². The molecule has 0 aromatic heterocycles. The van der Waals surface area contributed by atoms with E-state index in [1.54, 1.807) is 0 Å². The molecular formula is C6H9Cl2NO2. The Bertz CT molecular complexity index is 170. The summed E-state index contributed by atoms with van der Waals surface area (Å²) in [6, 6.07) is 0. The van der Waals surface area contributed by atoms with Crippen molar-refractivity contribution in [2.75, 3.05) is 0 Å². The molecule has 0 rings (SSSR count). The lowest BCUT2D eigenvalue weighted by atomic mass is 10.3. The van der Waals surface area contributed by atoms with Crippen LogP contribution < -0.4 is 5.32 Å². The molecule has 0 aliphatic carbocycles. The van der Waals surface area contributed by atoms with E-state index in [-0.39, 0.29) is 5.57 Å². The molecule has 2 N–H and O–H groups in total. The van der Waals surface area contributed by atoms with Crippen LogP contribution in [-0.4, -0.2) is 22.1 Å². The predicted molar refractivity (Wildman–Crippen MR) is 44.5 cm³/mol. The summed E-state index contributed by atoms with van der Waals surface area (Å²) in [5.74, 6) is -0.469. The summed E-state index contributed by atoms with van der Waals surface area (Å²) in [4.78, 5) is 9.74. The molecule has 0 fully saturated rings. The Labute approximate surface area is 75.0 Å². The zero-order valence-corrected chi connectivity index (χ0v) is 7.49. The van der Waals surface area contributed by atoms with Crippen molar-refractivity contribution in [2.24, 2.45) is 0 Å². The third-order valence-corrected chi connectivity index (χ3v) is 1.38. The van der Waals surface area contributed by atoms with Gasteiger partial charge in [-0.15, -0.1) is 23.2 Å². The Kier molecular flexibility index (Phi) is 4.49. The van der Waals surface area contributed by atoms with Gasteiger partial charge in [-0.2, -0.15) is 0 Å². The first-order chi connectivity index (χ1) is 4.95. The maximum atomic E-state index is 10.8. The third-order valence-electron chi connectivity index (χ3n) is 0.905. The van der Waals surface area contributed by atoms with Crippen molar-refractivity contribution in [1.82, 2.24) is 5.32 Å². The van der Waals surface area contributed by atoms with E-state index in [0.717, 1.165) is 0 Å². The number of hydrogen-bond acceptors (Lipinski definition) is 2. The van der Waals surface area contributed by atoms with E-state index < -0.39 is 17.0 Å². The van der Waals surface area contributed by atoms with Crippen LogP contribution >= 0.6 is 23.2 Å². The molecule has 64 valence electrons. The van der Waals surface area contributed by atoms with Crippen LogP contribution in [0.3, 0.4) is 0 Å². The number of aliphatic hydroxyl groups excluding tert-OH is 1. The number of alkyl halides is 2. The van der Waals surface area contributed by atoms with Crippen molar-refractivity contribution < 1.29 is 9.90 Å². The van der Waals surface area contributed by atoms with Gasteiger partial charge in [-0.1, -0.05) is 6.58 Å². The van der Waals surface area contributed by atoms with Gasteiger partial charge in [0.15, 0.2) is 11.1 Å². The average molecular weight is 198 g/mol. The number of aliphatic hydroxyl groups is 1. The minimum atomic E-state index is -1.25. The maximum Gasteiger partial charge on any atom is 0.248 e. The molecule has 0 saturated carbocycles. The van der Waals surface area contributed by atoms with E-state index in [0.29, 0.717) is 0 Å². The van der Waals surface area contributed by atoms with Crippen LogP contribution in [0.25, 0.3) is 0 Å². The van der Waals surface area contributed by atoms with Crippen molar-refractivity contribution in [1.29, 1.82) is 0 Å². The maximum absolute atomic E-state index is 10.8. The number of carbonyl (C=O) groups excluding carboxylic acids is 1. The van der Waals surface area contributed by atoms with Gasteiger partial charge in [-0.3, -0.25) is 4.79 Å². The van der Waals surface area contributed by atoms with Gasteiger partial charge in [-0.25, -0.2) is 0 Å². The van der Waals surface area contributed by atoms with Crippen LogP contribution in [0.1, 0.15) is 6.92 Å². The normalized spacial score (nSPS) is 12.8. The molecule has 0 aliphatic rings. The first kappa shape index (κ1) is 10.8. The highest BCUT2D eigenvalue weighted by Gasteiger charge is 2.15. The fourth-order valence-electron chi connectivity index (χ4n) is 0.321. The van der Waals surface area contributed by atoms with E-state index in [4.69, 9.17) is 28.3 Å². The van der Waals surface area contributed by atoms with Gasteiger partial charge in [0.2, 0.25) is 5.91 Å². The topological polar surface area (TPSA) is 49.3 Å². The van der Waals surface area contributed by atoms with Crippen LogP contribution in [0.2, 0.25) is 0 Å². The van der Waals surface area contributed by atoms with Crippen molar-refractivity contribution in [3.63, 3.8) is 0 Å². The minimum absolute atomic E-state index is 0.290. The highest BCUT2D eigenvalue weighted by Crippen LogP contribution is 2.05. The largest absolute Gasteiger partial charge is 0.371 e. The van der Waals surface area contributed by atoms with E-state index in [1.807, 2.05) is 0 Å². The van der Waals surface area contributed by atoms with Gasteiger partial charge < -0.3 is 10.4 Å². The average Bonchev–Trinajstić information content (AvgIpc) is 1.87. The molecule has 0 aliphatic heterocycles. The fraction of sp³-hybridized carbons (Fsp3) is 0.500. The Hall–Kier alpha value is -0.250. The van der Waals surface area contributed by atoms with E-state index in [9.17, 15) is 4.79 Å². The van der Waals surface area contributed by atoms with Crippen LogP contribution in [-0.2, 0) is 4.79 Å². The molecule has 0 spiro atoms. The van der Waals surface area contributed by atoms with E-state index >= 15 is 0 Å². The standard InChI is InChI=1S/C6H9Cl2NO2/c1-3(2)5(10)9-6(11)4(7)8/h4,6,11H,1H2,2H3,(H,9,10)/t6-/m0/s1. The van der Waals surface area contributed by atoms with Gasteiger partial charge in [0.1, 0.15) is 0 Å². The molecule has 0 aromatic rings. The quantitative estimate of drug-likeness (QED) is 0.400. The summed E-state index contributed by atoms with van der Waals surface area (Å²) in [5, 5.41) is 11.0. The van der Waals surface area contributed by atoms with Crippen molar-refractivity contribution in [2.45, 2.75) is 18.0 Å². The van der Waals surface area contributed by atoms with Crippen LogP contribution in [0, 0.1) is 0 Å². The smallest absolute Gasteiger partial charge is 0.248 e. The highest BCUT2D eigenvalue weighted by atomic mass is 35.5. The summed E-state index contributed by atoms with van der Waals surface area (Å²) < 4.78 is 0. The number of hydrogen-bond donors (Lipinski definition) is 2. The van der Waals surface area contributed by atoms with Crippen LogP contribution in [0.5, 0.6) is 0 Å². The van der Waals surface area contributed by atoms with Crippen molar-refractivity contribution >= 4 is 29.1 Å². The molecule has 1 atom stereocenters. The Balaban J connectivity index is 3.85. The second kappa shape index (κ2) is 4.59. The molecule has 0 aromatic carbocycles. The van der Waals surface area contributed by atoms with Crippen LogP contribution in [0.4, 0.5) is 0 Å². The summed E-state index contributed by atoms with van der Waals surface area (Å²) in [7, 11) is 0. The lowest BCUT2D eigenvalue weighted by molar-refractivity contribution is -0.120. The molecule has 0 bridgehead atoms. The van der Waals surface area contributed by atoms with Crippen molar-refractivity contribution in [3.05, 3.63) is 12.2 Å². The molecule has 0 saturated heterocycles. The Morgan fingerprint density at radius 1 is 1.64 bits per heavy atom. The van der Waals surface area contributed by atoms with Gasteiger partial charge in [0.25, 0.3) is 0 Å². The summed E-state index contributed by atoms with van der Waals surface area (Å²) >= 11 is 10.5. The number of nitrogens with one attached hydrogen (secondary N) is 1. The number of halogens is 2. The lowest BCUT2D eigenvalue weighted by Gasteiger charge is -2.12. The van der Waals surface area contributed by atoms with Gasteiger partial charge in [0, 0.05) is 5.57 Å². The first-order valence-corrected chi connectivity index (χ1v) is 3.75. The Morgan fingerprint density at radius 3 is 2.36 bits per heavy atom. The fourth-order valence-corrected chi connectivity index (χ4v) is 0.446. The van der Waals surface area contributed by atoms with Gasteiger partial charge >= 0.3 is 0 Å². The minimum Gasteiger partial charge on any atom is -0.371 e. The molecule has 0 unspecified atom stereocenters. The second-order valence-corrected chi connectivity index (χ2v) is 3.20. The summed E-state index contributed by atoms with van der Waals surface area (Å²) in [6.07, 6.45) is -1.25. The lowest BCUT2D eigenvalue weighted by Crippen LogP contribution is -2.39. The molecule has 0 radical (unpaired) electrons. The zero-order chi connectivity index (χ0) is 9.02. The molecule has 5 heteroatoms. The van der Waals surface area contributed by atoms with Gasteiger partial charge in [0.05, 0.1) is 0 Å². The molecule has 3 nitrogen and oxygen atoms in total. The Morgan fingerprint density at radius 2 is 2.09 bits per heavy atom. The number of carbonyl (C=O) groups is 1. The molecular weight excluding hydrogens is 189 g/mol. The van der Waals surface area contributed by atoms with Crippen LogP contribution in [0.15, 0.2) is 12.2 Å². The van der Waals surface area contributed by atoms with E-state index in [2.05, 4.69) is 11.9 Å². The third kappa shape index (κ3) is 4.24. The highest BCUT2D eigenvalue weighted by molar-refractivity contribution is 6.44. The second-order valence-electron chi connectivity index (χ2n) is 2.03. The van der Waals surface area contributed by atoms with E-state index in [1.165, 1.54) is 6.92 Å². The number of rotatable bonds is 3. The predicted octanol–water partition coefficient (Wildman–Crippen LogP) is 0.801.